The van der Waals surface area contributed by atoms with Gasteiger partial charge in [-0.1, -0.05) is 11.6 Å². The van der Waals surface area contributed by atoms with Gasteiger partial charge in [0.05, 0.1) is 10.6 Å². The lowest BCUT2D eigenvalue weighted by molar-refractivity contribution is -0.136. The number of rotatable bonds is 0. The van der Waals surface area contributed by atoms with Crippen molar-refractivity contribution in [3.63, 3.8) is 0 Å². The van der Waals surface area contributed by atoms with Crippen molar-refractivity contribution in [1.82, 2.24) is 0 Å². The first-order chi connectivity index (χ1) is 5.82. The van der Waals surface area contributed by atoms with E-state index in [0.717, 1.165) is 12.1 Å². The Hall–Kier alpha value is -1.10. The van der Waals surface area contributed by atoms with E-state index in [1.54, 1.807) is 0 Å². The molecule has 0 unspecified atom stereocenters. The summed E-state index contributed by atoms with van der Waals surface area (Å²) >= 11 is 5.26. The van der Waals surface area contributed by atoms with Gasteiger partial charge in [-0.05, 0) is 6.07 Å². The summed E-state index contributed by atoms with van der Waals surface area (Å²) in [6.07, 6.45) is -4.60. The summed E-state index contributed by atoms with van der Waals surface area (Å²) in [5, 5.41) is 8.25. The van der Waals surface area contributed by atoms with Crippen LogP contribution in [0.3, 0.4) is 0 Å². The maximum absolute atomic E-state index is 12.2. The smallest absolute Gasteiger partial charge is 0.419 e. The number of halogens is 4. The molecular formula is C7H5ClF3NO. The average molecular weight is 212 g/mol. The maximum atomic E-state index is 12.2. The Bertz CT molecular complexity index is 314. The van der Waals surface area contributed by atoms with Gasteiger partial charge >= 0.3 is 6.18 Å². The minimum Gasteiger partial charge on any atom is -0.508 e. The second kappa shape index (κ2) is 2.99. The number of hydrogen-bond donors (Lipinski definition) is 2. The van der Waals surface area contributed by atoms with Crippen LogP contribution in [-0.4, -0.2) is 5.11 Å². The van der Waals surface area contributed by atoms with Crippen molar-refractivity contribution in [3.05, 3.63) is 22.7 Å². The van der Waals surface area contributed by atoms with Gasteiger partial charge in [-0.25, -0.2) is 0 Å². The number of benzene rings is 1. The fourth-order valence-corrected chi connectivity index (χ4v) is 1.24. The number of aromatic hydroxyl groups is 1. The van der Waals surface area contributed by atoms with Crippen molar-refractivity contribution >= 4 is 17.3 Å². The van der Waals surface area contributed by atoms with Gasteiger partial charge in [0.2, 0.25) is 0 Å². The Morgan fingerprint density at radius 2 is 1.85 bits per heavy atom. The fourth-order valence-electron chi connectivity index (χ4n) is 0.912. The maximum Gasteiger partial charge on any atom is 0.419 e. The highest BCUT2D eigenvalue weighted by Gasteiger charge is 2.35. The molecule has 0 aliphatic carbocycles. The first-order valence-corrected chi connectivity index (χ1v) is 3.55. The van der Waals surface area contributed by atoms with E-state index in [1.807, 2.05) is 0 Å². The van der Waals surface area contributed by atoms with Gasteiger partial charge in [0.15, 0.2) is 0 Å². The molecule has 6 heteroatoms. The number of nitrogens with two attached hydrogens (primary N) is 1. The van der Waals surface area contributed by atoms with Crippen molar-refractivity contribution in [2.24, 2.45) is 0 Å². The lowest BCUT2D eigenvalue weighted by Gasteiger charge is -2.11. The minimum atomic E-state index is -4.60. The molecule has 0 aliphatic heterocycles. The van der Waals surface area contributed by atoms with E-state index >= 15 is 0 Å². The topological polar surface area (TPSA) is 46.2 Å². The van der Waals surface area contributed by atoms with E-state index in [-0.39, 0.29) is 0 Å². The van der Waals surface area contributed by atoms with Crippen LogP contribution in [0.1, 0.15) is 5.56 Å². The molecule has 0 bridgehead atoms. The normalized spacial score (nSPS) is 11.7. The molecule has 0 saturated heterocycles. The Morgan fingerprint density at radius 3 is 2.23 bits per heavy atom. The standard InChI is InChI=1S/C7H5ClF3NO/c8-4-1-3(13)2-5(12)6(4)7(9,10)11/h1-2,13H,12H2. The lowest BCUT2D eigenvalue weighted by atomic mass is 10.1. The third-order valence-electron chi connectivity index (χ3n) is 1.39. The van der Waals surface area contributed by atoms with Gasteiger partial charge in [0, 0.05) is 11.8 Å². The molecule has 0 saturated carbocycles. The SMILES string of the molecule is Nc1cc(O)cc(Cl)c1C(F)(F)F. The van der Waals surface area contributed by atoms with E-state index in [0.29, 0.717) is 0 Å². The Labute approximate surface area is 76.7 Å². The summed E-state index contributed by atoms with van der Waals surface area (Å²) in [6, 6.07) is 1.59. The second-order valence-corrected chi connectivity index (χ2v) is 2.80. The van der Waals surface area contributed by atoms with Crippen LogP contribution >= 0.6 is 11.6 Å². The number of hydrogen-bond acceptors (Lipinski definition) is 2. The van der Waals surface area contributed by atoms with Gasteiger partial charge in [-0.15, -0.1) is 0 Å². The third kappa shape index (κ3) is 1.98. The van der Waals surface area contributed by atoms with Gasteiger partial charge in [0.1, 0.15) is 5.75 Å². The number of phenols is 1. The largest absolute Gasteiger partial charge is 0.508 e. The van der Waals surface area contributed by atoms with Crippen LogP contribution in [0, 0.1) is 0 Å². The molecule has 0 amide bonds. The van der Waals surface area contributed by atoms with Crippen LogP contribution in [-0.2, 0) is 6.18 Å². The van der Waals surface area contributed by atoms with Crippen LogP contribution in [0.4, 0.5) is 18.9 Å². The molecule has 0 fully saturated rings. The van der Waals surface area contributed by atoms with E-state index in [4.69, 9.17) is 22.4 Å². The highest BCUT2D eigenvalue weighted by Crippen LogP contribution is 2.40. The highest BCUT2D eigenvalue weighted by molar-refractivity contribution is 6.32. The van der Waals surface area contributed by atoms with Crippen LogP contribution in [0.15, 0.2) is 12.1 Å². The molecule has 1 aromatic carbocycles. The first-order valence-electron chi connectivity index (χ1n) is 3.17. The molecule has 0 spiro atoms. The van der Waals surface area contributed by atoms with Gasteiger partial charge in [-0.3, -0.25) is 0 Å². The van der Waals surface area contributed by atoms with Gasteiger partial charge < -0.3 is 10.8 Å². The molecule has 0 radical (unpaired) electrons. The average Bonchev–Trinajstić information content (AvgIpc) is 1.78. The summed E-state index contributed by atoms with van der Waals surface area (Å²) in [5.74, 6) is -0.393. The summed E-state index contributed by atoms with van der Waals surface area (Å²) in [4.78, 5) is 0. The molecule has 0 aliphatic rings. The van der Waals surface area contributed by atoms with E-state index < -0.39 is 28.2 Å². The quantitative estimate of drug-likeness (QED) is 0.648. The molecule has 72 valence electrons. The van der Waals surface area contributed by atoms with Crippen molar-refractivity contribution in [1.29, 1.82) is 0 Å². The molecule has 13 heavy (non-hydrogen) atoms. The predicted molar refractivity (Wildman–Crippen MR) is 42.5 cm³/mol. The zero-order chi connectivity index (χ0) is 10.2. The number of phenolic OH excluding ortho intramolecular Hbond substituents is 1. The van der Waals surface area contributed by atoms with Crippen molar-refractivity contribution in [2.75, 3.05) is 5.73 Å². The Balaban J connectivity index is 3.38. The zero-order valence-electron chi connectivity index (χ0n) is 6.19. The molecule has 1 aromatic rings. The third-order valence-corrected chi connectivity index (χ3v) is 1.69. The number of alkyl halides is 3. The number of anilines is 1. The summed E-state index contributed by atoms with van der Waals surface area (Å²) in [6.45, 7) is 0. The molecule has 1 rings (SSSR count). The fraction of sp³-hybridized carbons (Fsp3) is 0.143. The van der Waals surface area contributed by atoms with Gasteiger partial charge in [0.25, 0.3) is 0 Å². The van der Waals surface area contributed by atoms with Crippen molar-refractivity contribution < 1.29 is 18.3 Å². The first kappa shape index (κ1) is 9.98. The van der Waals surface area contributed by atoms with Crippen LogP contribution in [0.2, 0.25) is 5.02 Å². The van der Waals surface area contributed by atoms with Gasteiger partial charge in [-0.2, -0.15) is 13.2 Å². The lowest BCUT2D eigenvalue weighted by Crippen LogP contribution is -2.09. The molecule has 0 aromatic heterocycles. The minimum absolute atomic E-state index is 0.393. The summed E-state index contributed by atoms with van der Waals surface area (Å²) in [7, 11) is 0. The highest BCUT2D eigenvalue weighted by atomic mass is 35.5. The zero-order valence-corrected chi connectivity index (χ0v) is 6.95. The van der Waals surface area contributed by atoms with Crippen molar-refractivity contribution in [2.45, 2.75) is 6.18 Å². The predicted octanol–water partition coefficient (Wildman–Crippen LogP) is 2.65. The summed E-state index contributed by atoms with van der Waals surface area (Å²) in [5.41, 5.74) is 3.34. The van der Waals surface area contributed by atoms with Crippen LogP contribution in [0.5, 0.6) is 5.75 Å². The molecule has 3 N–H and O–H groups in total. The monoisotopic (exact) mass is 211 g/mol. The molecule has 0 heterocycles. The second-order valence-electron chi connectivity index (χ2n) is 2.39. The van der Waals surface area contributed by atoms with Crippen LogP contribution < -0.4 is 5.73 Å². The molecule has 0 atom stereocenters. The van der Waals surface area contributed by atoms with E-state index in [9.17, 15) is 13.2 Å². The summed E-state index contributed by atoms with van der Waals surface area (Å²) < 4.78 is 36.6. The molecular weight excluding hydrogens is 207 g/mol. The van der Waals surface area contributed by atoms with Crippen molar-refractivity contribution in [3.8, 4) is 5.75 Å². The van der Waals surface area contributed by atoms with E-state index in [2.05, 4.69) is 0 Å². The van der Waals surface area contributed by atoms with Crippen LogP contribution in [0.25, 0.3) is 0 Å². The Morgan fingerprint density at radius 1 is 1.31 bits per heavy atom. The molecule has 2 nitrogen and oxygen atoms in total. The Kier molecular flexibility index (Phi) is 2.30. The number of nitrogen functional groups attached to an aromatic ring is 1. The van der Waals surface area contributed by atoms with E-state index in [1.165, 1.54) is 0 Å².